The fraction of sp³-hybridized carbons (Fsp3) is 0.308. The van der Waals surface area contributed by atoms with Crippen molar-refractivity contribution >= 4 is 23.4 Å². The zero-order chi connectivity index (χ0) is 12.8. The lowest BCUT2D eigenvalue weighted by Gasteiger charge is -2.06. The van der Waals surface area contributed by atoms with E-state index in [-0.39, 0.29) is 5.97 Å². The highest BCUT2D eigenvalue weighted by atomic mass is 32.2. The van der Waals surface area contributed by atoms with Gasteiger partial charge in [-0.3, -0.25) is 0 Å². The Hall–Kier alpha value is -1.42. The SMILES string of the molecule is CCOC(=O)/C=C(/C)Sc1cc(C)ccc1N. The summed E-state index contributed by atoms with van der Waals surface area (Å²) in [5.41, 5.74) is 7.73. The summed E-state index contributed by atoms with van der Waals surface area (Å²) in [6.45, 7) is 6.05. The molecule has 0 heterocycles. The van der Waals surface area contributed by atoms with Gasteiger partial charge in [0.1, 0.15) is 0 Å². The maximum atomic E-state index is 11.3. The van der Waals surface area contributed by atoms with E-state index in [4.69, 9.17) is 10.5 Å². The molecule has 17 heavy (non-hydrogen) atoms. The van der Waals surface area contributed by atoms with E-state index in [0.717, 1.165) is 21.1 Å². The molecule has 0 radical (unpaired) electrons. The Morgan fingerprint density at radius 2 is 2.24 bits per heavy atom. The third kappa shape index (κ3) is 4.53. The van der Waals surface area contributed by atoms with Gasteiger partial charge in [0.15, 0.2) is 0 Å². The number of allylic oxidation sites excluding steroid dienone is 1. The minimum atomic E-state index is -0.316. The van der Waals surface area contributed by atoms with Gasteiger partial charge in [-0.05, 0) is 43.4 Å². The minimum absolute atomic E-state index is 0.316. The van der Waals surface area contributed by atoms with Crippen molar-refractivity contribution in [3.8, 4) is 0 Å². The summed E-state index contributed by atoms with van der Waals surface area (Å²) >= 11 is 1.47. The summed E-state index contributed by atoms with van der Waals surface area (Å²) in [4.78, 5) is 13.1. The number of hydrogen-bond donors (Lipinski definition) is 1. The standard InChI is InChI=1S/C13H17NO2S/c1-4-16-13(15)8-10(3)17-12-7-9(2)5-6-11(12)14/h5-8H,4,14H2,1-3H3/b10-8-. The van der Waals surface area contributed by atoms with Crippen LogP contribution in [0.2, 0.25) is 0 Å². The largest absolute Gasteiger partial charge is 0.463 e. The van der Waals surface area contributed by atoms with Crippen LogP contribution in [0, 0.1) is 6.92 Å². The predicted octanol–water partition coefficient (Wildman–Crippen LogP) is 3.14. The average molecular weight is 251 g/mol. The molecule has 0 unspecified atom stereocenters. The average Bonchev–Trinajstić information content (AvgIpc) is 2.23. The normalized spacial score (nSPS) is 11.4. The molecular weight excluding hydrogens is 234 g/mol. The monoisotopic (exact) mass is 251 g/mol. The summed E-state index contributed by atoms with van der Waals surface area (Å²) in [5.74, 6) is -0.316. The first-order valence-electron chi connectivity index (χ1n) is 5.42. The summed E-state index contributed by atoms with van der Waals surface area (Å²) in [5, 5.41) is 0. The van der Waals surface area contributed by atoms with E-state index in [1.54, 1.807) is 6.92 Å². The van der Waals surface area contributed by atoms with Gasteiger partial charge in [-0.25, -0.2) is 4.79 Å². The number of carbonyl (C=O) groups excluding carboxylic acids is 1. The first-order chi connectivity index (χ1) is 8.02. The van der Waals surface area contributed by atoms with Gasteiger partial charge in [-0.1, -0.05) is 17.8 Å². The number of rotatable bonds is 4. The van der Waals surface area contributed by atoms with Gasteiger partial charge in [0.05, 0.1) is 6.61 Å². The molecule has 2 N–H and O–H groups in total. The number of anilines is 1. The fourth-order valence-corrected chi connectivity index (χ4v) is 2.22. The number of aryl methyl sites for hydroxylation is 1. The van der Waals surface area contributed by atoms with E-state index in [2.05, 4.69) is 0 Å². The number of thioether (sulfide) groups is 1. The molecule has 1 rings (SSSR count). The summed E-state index contributed by atoms with van der Waals surface area (Å²) in [7, 11) is 0. The molecule has 0 aliphatic heterocycles. The van der Waals surface area contributed by atoms with Crippen molar-refractivity contribution in [1.82, 2.24) is 0 Å². The predicted molar refractivity (Wildman–Crippen MR) is 71.8 cm³/mol. The Morgan fingerprint density at radius 1 is 1.53 bits per heavy atom. The number of nitrogen functional groups attached to an aromatic ring is 1. The van der Waals surface area contributed by atoms with Gasteiger partial charge in [-0.2, -0.15) is 0 Å². The number of nitrogens with two attached hydrogens (primary N) is 1. The molecule has 0 amide bonds. The second-order valence-corrected chi connectivity index (χ2v) is 4.94. The van der Waals surface area contributed by atoms with Crippen LogP contribution in [0.3, 0.4) is 0 Å². The number of carbonyl (C=O) groups is 1. The van der Waals surface area contributed by atoms with Crippen molar-refractivity contribution in [2.24, 2.45) is 0 Å². The molecular formula is C13H17NO2S. The zero-order valence-electron chi connectivity index (χ0n) is 10.3. The summed E-state index contributed by atoms with van der Waals surface area (Å²) in [6.07, 6.45) is 1.48. The first kappa shape index (κ1) is 13.6. The van der Waals surface area contributed by atoms with Crippen LogP contribution in [0.15, 0.2) is 34.1 Å². The Morgan fingerprint density at radius 3 is 2.88 bits per heavy atom. The van der Waals surface area contributed by atoms with Crippen molar-refractivity contribution < 1.29 is 9.53 Å². The fourth-order valence-electron chi connectivity index (χ4n) is 1.28. The third-order valence-corrected chi connectivity index (χ3v) is 3.06. The van der Waals surface area contributed by atoms with Crippen LogP contribution in [0.4, 0.5) is 5.69 Å². The summed E-state index contributed by atoms with van der Waals surface area (Å²) < 4.78 is 4.84. The number of esters is 1. The number of hydrogen-bond acceptors (Lipinski definition) is 4. The van der Waals surface area contributed by atoms with E-state index < -0.39 is 0 Å². The Bertz CT molecular complexity index is 441. The Kier molecular flexibility index (Phi) is 5.10. The lowest BCUT2D eigenvalue weighted by atomic mass is 10.2. The van der Waals surface area contributed by atoms with Crippen LogP contribution in [-0.4, -0.2) is 12.6 Å². The quantitative estimate of drug-likeness (QED) is 0.386. The third-order valence-electron chi connectivity index (χ3n) is 2.05. The summed E-state index contributed by atoms with van der Waals surface area (Å²) in [6, 6.07) is 5.83. The zero-order valence-corrected chi connectivity index (χ0v) is 11.1. The minimum Gasteiger partial charge on any atom is -0.463 e. The molecule has 1 aromatic rings. The first-order valence-corrected chi connectivity index (χ1v) is 6.23. The van der Waals surface area contributed by atoms with Gasteiger partial charge in [0, 0.05) is 16.7 Å². The molecule has 3 nitrogen and oxygen atoms in total. The van der Waals surface area contributed by atoms with Crippen LogP contribution >= 0.6 is 11.8 Å². The molecule has 1 aromatic carbocycles. The van der Waals surface area contributed by atoms with Crippen LogP contribution in [0.1, 0.15) is 19.4 Å². The van der Waals surface area contributed by atoms with Crippen molar-refractivity contribution in [2.45, 2.75) is 25.7 Å². The molecule has 0 saturated heterocycles. The maximum absolute atomic E-state index is 11.3. The number of ether oxygens (including phenoxy) is 1. The molecule has 0 bridgehead atoms. The lowest BCUT2D eigenvalue weighted by molar-refractivity contribution is -0.137. The smallest absolute Gasteiger partial charge is 0.331 e. The van der Waals surface area contributed by atoms with Crippen LogP contribution in [0.25, 0.3) is 0 Å². The van der Waals surface area contributed by atoms with E-state index in [1.807, 2.05) is 32.0 Å². The Balaban J connectivity index is 2.77. The molecule has 0 spiro atoms. The molecule has 92 valence electrons. The molecule has 0 aliphatic carbocycles. The van der Waals surface area contributed by atoms with Gasteiger partial charge in [0.2, 0.25) is 0 Å². The van der Waals surface area contributed by atoms with Crippen LogP contribution in [-0.2, 0) is 9.53 Å². The van der Waals surface area contributed by atoms with Crippen LogP contribution < -0.4 is 5.73 Å². The molecule has 0 saturated carbocycles. The van der Waals surface area contributed by atoms with Crippen LogP contribution in [0.5, 0.6) is 0 Å². The number of benzene rings is 1. The van der Waals surface area contributed by atoms with Crippen molar-refractivity contribution in [1.29, 1.82) is 0 Å². The van der Waals surface area contributed by atoms with Crippen molar-refractivity contribution in [2.75, 3.05) is 12.3 Å². The van der Waals surface area contributed by atoms with Gasteiger partial charge >= 0.3 is 5.97 Å². The Labute approximate surface area is 106 Å². The highest BCUT2D eigenvalue weighted by Gasteiger charge is 2.04. The van der Waals surface area contributed by atoms with Gasteiger partial charge in [0.25, 0.3) is 0 Å². The molecule has 0 atom stereocenters. The highest BCUT2D eigenvalue weighted by Crippen LogP contribution is 2.31. The van der Waals surface area contributed by atoms with Crippen molar-refractivity contribution in [3.63, 3.8) is 0 Å². The van der Waals surface area contributed by atoms with Crippen molar-refractivity contribution in [3.05, 3.63) is 34.7 Å². The van der Waals surface area contributed by atoms with E-state index >= 15 is 0 Å². The molecule has 0 aliphatic rings. The van der Waals surface area contributed by atoms with E-state index in [1.165, 1.54) is 17.8 Å². The molecule has 0 aromatic heterocycles. The second kappa shape index (κ2) is 6.35. The van der Waals surface area contributed by atoms with Gasteiger partial charge in [-0.15, -0.1) is 0 Å². The lowest BCUT2D eigenvalue weighted by Crippen LogP contribution is -1.99. The maximum Gasteiger partial charge on any atom is 0.331 e. The molecule has 0 fully saturated rings. The highest BCUT2D eigenvalue weighted by molar-refractivity contribution is 8.03. The topological polar surface area (TPSA) is 52.3 Å². The van der Waals surface area contributed by atoms with E-state index in [0.29, 0.717) is 6.61 Å². The second-order valence-electron chi connectivity index (χ2n) is 3.65. The van der Waals surface area contributed by atoms with Gasteiger partial charge < -0.3 is 10.5 Å². The molecule has 4 heteroatoms. The van der Waals surface area contributed by atoms with E-state index in [9.17, 15) is 4.79 Å².